The maximum absolute atomic E-state index is 11.8. The summed E-state index contributed by atoms with van der Waals surface area (Å²) in [6.07, 6.45) is 0. The molecule has 0 aromatic heterocycles. The SMILES string of the molecule is CC(=O)NC(C)C(=O)Oc1ccc(-c2ccc(I)cc2)cc1. The minimum atomic E-state index is -0.673. The molecule has 0 aliphatic heterocycles. The highest BCUT2D eigenvalue weighted by Crippen LogP contribution is 2.23. The van der Waals surface area contributed by atoms with Gasteiger partial charge < -0.3 is 10.1 Å². The Balaban J connectivity index is 2.04. The zero-order valence-electron chi connectivity index (χ0n) is 12.3. The topological polar surface area (TPSA) is 55.4 Å². The Hall–Kier alpha value is -1.89. The van der Waals surface area contributed by atoms with Crippen LogP contribution in [0.25, 0.3) is 11.1 Å². The van der Waals surface area contributed by atoms with Crippen LogP contribution in [0.5, 0.6) is 5.75 Å². The second-order valence-corrected chi connectivity index (χ2v) is 6.12. The Kier molecular flexibility index (Phi) is 5.54. The molecule has 0 bridgehead atoms. The van der Waals surface area contributed by atoms with Gasteiger partial charge in [-0.25, -0.2) is 4.79 Å². The first-order valence-electron chi connectivity index (χ1n) is 6.80. The van der Waals surface area contributed by atoms with Crippen LogP contribution >= 0.6 is 22.6 Å². The molecule has 2 aromatic carbocycles. The van der Waals surface area contributed by atoms with Crippen molar-refractivity contribution in [1.29, 1.82) is 0 Å². The van der Waals surface area contributed by atoms with Crippen LogP contribution in [-0.2, 0) is 9.59 Å². The molecule has 0 saturated carbocycles. The standard InChI is InChI=1S/C17H16INO3/c1-11(19-12(2)20)17(21)22-16-9-5-14(6-10-16)13-3-7-15(18)8-4-13/h3-11H,1-2H3,(H,19,20). The highest BCUT2D eigenvalue weighted by molar-refractivity contribution is 14.1. The Labute approximate surface area is 143 Å². The Morgan fingerprint density at radius 2 is 1.50 bits per heavy atom. The van der Waals surface area contributed by atoms with E-state index in [0.717, 1.165) is 11.1 Å². The number of hydrogen-bond donors (Lipinski definition) is 1. The van der Waals surface area contributed by atoms with Crippen molar-refractivity contribution in [3.63, 3.8) is 0 Å². The molecule has 5 heteroatoms. The maximum atomic E-state index is 11.8. The summed E-state index contributed by atoms with van der Waals surface area (Å²) in [5, 5.41) is 2.49. The summed E-state index contributed by atoms with van der Waals surface area (Å²) in [7, 11) is 0. The smallest absolute Gasteiger partial charge is 0.333 e. The van der Waals surface area contributed by atoms with Gasteiger partial charge in [0.1, 0.15) is 11.8 Å². The van der Waals surface area contributed by atoms with Crippen molar-refractivity contribution in [3.05, 3.63) is 52.1 Å². The van der Waals surface area contributed by atoms with Gasteiger partial charge in [0, 0.05) is 10.5 Å². The number of esters is 1. The molecule has 0 heterocycles. The predicted molar refractivity (Wildman–Crippen MR) is 93.5 cm³/mol. The number of halogens is 1. The van der Waals surface area contributed by atoms with Crippen molar-refractivity contribution in [2.75, 3.05) is 0 Å². The highest BCUT2D eigenvalue weighted by atomic mass is 127. The molecule has 22 heavy (non-hydrogen) atoms. The number of hydrogen-bond acceptors (Lipinski definition) is 3. The predicted octanol–water partition coefficient (Wildman–Crippen LogP) is 3.39. The first-order chi connectivity index (χ1) is 10.5. The zero-order chi connectivity index (χ0) is 16.1. The van der Waals surface area contributed by atoms with Crippen LogP contribution in [0.1, 0.15) is 13.8 Å². The highest BCUT2D eigenvalue weighted by Gasteiger charge is 2.15. The van der Waals surface area contributed by atoms with Gasteiger partial charge in [-0.1, -0.05) is 24.3 Å². The van der Waals surface area contributed by atoms with Gasteiger partial charge in [0.05, 0.1) is 0 Å². The summed E-state index contributed by atoms with van der Waals surface area (Å²) in [6, 6.07) is 14.8. The third kappa shape index (κ3) is 4.56. The molecular formula is C17H16INO3. The van der Waals surface area contributed by atoms with Gasteiger partial charge in [-0.2, -0.15) is 0 Å². The molecule has 1 amide bonds. The minimum absolute atomic E-state index is 0.265. The zero-order valence-corrected chi connectivity index (χ0v) is 14.5. The fraction of sp³-hybridized carbons (Fsp3) is 0.176. The lowest BCUT2D eigenvalue weighted by Gasteiger charge is -2.12. The summed E-state index contributed by atoms with van der Waals surface area (Å²) < 4.78 is 6.41. The van der Waals surface area contributed by atoms with Crippen LogP contribution in [0, 0.1) is 3.57 Å². The van der Waals surface area contributed by atoms with E-state index in [1.165, 1.54) is 10.5 Å². The molecule has 0 fully saturated rings. The lowest BCUT2D eigenvalue weighted by atomic mass is 10.1. The first-order valence-corrected chi connectivity index (χ1v) is 7.88. The Bertz CT molecular complexity index is 665. The quantitative estimate of drug-likeness (QED) is 0.479. The van der Waals surface area contributed by atoms with Crippen molar-refractivity contribution >= 4 is 34.5 Å². The third-order valence-corrected chi connectivity index (χ3v) is 3.74. The largest absolute Gasteiger partial charge is 0.425 e. The summed E-state index contributed by atoms with van der Waals surface area (Å²) in [5.41, 5.74) is 2.15. The van der Waals surface area contributed by atoms with Crippen LogP contribution in [0.15, 0.2) is 48.5 Å². The van der Waals surface area contributed by atoms with Crippen molar-refractivity contribution in [2.24, 2.45) is 0 Å². The van der Waals surface area contributed by atoms with E-state index in [1.54, 1.807) is 19.1 Å². The fourth-order valence-corrected chi connectivity index (χ4v) is 2.29. The van der Waals surface area contributed by atoms with Gasteiger partial charge in [0.15, 0.2) is 0 Å². The van der Waals surface area contributed by atoms with Gasteiger partial charge in [-0.15, -0.1) is 0 Å². The summed E-state index contributed by atoms with van der Waals surface area (Å²) >= 11 is 2.26. The third-order valence-electron chi connectivity index (χ3n) is 3.02. The molecule has 2 aromatic rings. The number of carbonyl (C=O) groups excluding carboxylic acids is 2. The molecule has 1 unspecified atom stereocenters. The minimum Gasteiger partial charge on any atom is -0.425 e. The Morgan fingerprint density at radius 1 is 1.00 bits per heavy atom. The molecular weight excluding hydrogens is 393 g/mol. The molecule has 0 saturated heterocycles. The van der Waals surface area contributed by atoms with E-state index in [1.807, 2.05) is 36.4 Å². The summed E-state index contributed by atoms with van der Waals surface area (Å²) in [6.45, 7) is 2.95. The fourth-order valence-electron chi connectivity index (χ4n) is 1.93. The van der Waals surface area contributed by atoms with Crippen molar-refractivity contribution in [3.8, 4) is 16.9 Å². The van der Waals surface area contributed by atoms with Gasteiger partial charge >= 0.3 is 5.97 Å². The van der Waals surface area contributed by atoms with Gasteiger partial charge in [-0.3, -0.25) is 4.79 Å². The van der Waals surface area contributed by atoms with E-state index < -0.39 is 12.0 Å². The number of carbonyl (C=O) groups is 2. The van der Waals surface area contributed by atoms with Crippen molar-refractivity contribution in [1.82, 2.24) is 5.32 Å². The first kappa shape index (κ1) is 16.5. The normalized spacial score (nSPS) is 11.6. The van der Waals surface area contributed by atoms with E-state index in [0.29, 0.717) is 5.75 Å². The van der Waals surface area contributed by atoms with E-state index in [-0.39, 0.29) is 5.91 Å². The van der Waals surface area contributed by atoms with Crippen molar-refractivity contribution in [2.45, 2.75) is 19.9 Å². The number of ether oxygens (including phenoxy) is 1. The molecule has 1 atom stereocenters. The lowest BCUT2D eigenvalue weighted by Crippen LogP contribution is -2.39. The van der Waals surface area contributed by atoms with Gasteiger partial charge in [0.25, 0.3) is 0 Å². The molecule has 114 valence electrons. The van der Waals surface area contributed by atoms with Crippen LogP contribution in [0.4, 0.5) is 0 Å². The van der Waals surface area contributed by atoms with Crippen LogP contribution in [-0.4, -0.2) is 17.9 Å². The average Bonchev–Trinajstić information content (AvgIpc) is 2.48. The molecule has 2 rings (SSSR count). The molecule has 0 spiro atoms. The summed E-state index contributed by atoms with van der Waals surface area (Å²) in [4.78, 5) is 22.7. The van der Waals surface area contributed by atoms with Crippen LogP contribution in [0.2, 0.25) is 0 Å². The molecule has 0 radical (unpaired) electrons. The second kappa shape index (κ2) is 7.40. The van der Waals surface area contributed by atoms with Crippen LogP contribution in [0.3, 0.4) is 0 Å². The van der Waals surface area contributed by atoms with E-state index in [2.05, 4.69) is 27.9 Å². The van der Waals surface area contributed by atoms with Gasteiger partial charge in [-0.05, 0) is 64.9 Å². The van der Waals surface area contributed by atoms with E-state index in [9.17, 15) is 9.59 Å². The number of rotatable bonds is 4. The van der Waals surface area contributed by atoms with Crippen molar-refractivity contribution < 1.29 is 14.3 Å². The Morgan fingerprint density at radius 3 is 2.00 bits per heavy atom. The number of benzene rings is 2. The lowest BCUT2D eigenvalue weighted by molar-refractivity contribution is -0.138. The molecule has 1 N–H and O–H groups in total. The number of nitrogens with one attached hydrogen (secondary N) is 1. The second-order valence-electron chi connectivity index (χ2n) is 4.87. The van der Waals surface area contributed by atoms with E-state index >= 15 is 0 Å². The maximum Gasteiger partial charge on any atom is 0.333 e. The molecule has 4 nitrogen and oxygen atoms in total. The van der Waals surface area contributed by atoms with Crippen LogP contribution < -0.4 is 10.1 Å². The number of amides is 1. The molecule has 0 aliphatic carbocycles. The van der Waals surface area contributed by atoms with E-state index in [4.69, 9.17) is 4.74 Å². The summed E-state index contributed by atoms with van der Waals surface area (Å²) in [5.74, 6) is -0.299. The monoisotopic (exact) mass is 409 g/mol. The average molecular weight is 409 g/mol. The molecule has 0 aliphatic rings. The van der Waals surface area contributed by atoms with Gasteiger partial charge in [0.2, 0.25) is 5.91 Å².